The van der Waals surface area contributed by atoms with Gasteiger partial charge in [0.25, 0.3) is 5.78 Å². The van der Waals surface area contributed by atoms with Gasteiger partial charge >= 0.3 is 5.91 Å². The summed E-state index contributed by atoms with van der Waals surface area (Å²) in [6.07, 6.45) is 0. The summed E-state index contributed by atoms with van der Waals surface area (Å²) in [5.41, 5.74) is 2.25. The van der Waals surface area contributed by atoms with Gasteiger partial charge in [-0.2, -0.15) is 0 Å². The number of carbonyl (C=O) groups excluding carboxylic acids is 2. The number of hydrogen-bond acceptors (Lipinski definition) is 4. The zero-order valence-electron chi connectivity index (χ0n) is 10.9. The van der Waals surface area contributed by atoms with Gasteiger partial charge in [-0.3, -0.25) is 19.4 Å². The summed E-state index contributed by atoms with van der Waals surface area (Å²) in [6, 6.07) is 5.57. The number of carbonyl (C=O) groups is 2. The zero-order valence-corrected chi connectivity index (χ0v) is 10.9. The lowest BCUT2D eigenvalue weighted by Crippen LogP contribution is -2.45. The van der Waals surface area contributed by atoms with Gasteiger partial charge < -0.3 is 4.74 Å². The Balaban J connectivity index is 1.86. The van der Waals surface area contributed by atoms with Crippen molar-refractivity contribution in [2.75, 3.05) is 37.9 Å². The van der Waals surface area contributed by atoms with Crippen LogP contribution in [-0.2, 0) is 9.53 Å². The number of hydrogen-bond donors (Lipinski definition) is 0. The number of fused-ring (bicyclic) bond motifs is 1. The summed E-state index contributed by atoms with van der Waals surface area (Å²) < 4.78 is 5.29. The van der Waals surface area contributed by atoms with Crippen molar-refractivity contribution in [3.63, 3.8) is 0 Å². The molecule has 0 bridgehead atoms. The second-order valence-corrected chi connectivity index (χ2v) is 4.95. The highest BCUT2D eigenvalue weighted by Gasteiger charge is 2.36. The molecule has 5 nitrogen and oxygen atoms in total. The van der Waals surface area contributed by atoms with E-state index in [0.717, 1.165) is 24.3 Å². The summed E-state index contributed by atoms with van der Waals surface area (Å²) >= 11 is 0. The molecule has 0 saturated carbocycles. The Morgan fingerprint density at radius 2 is 1.95 bits per heavy atom. The average molecular weight is 260 g/mol. The number of nitrogens with zero attached hydrogens (tertiary/aromatic N) is 2. The maximum Gasteiger partial charge on any atom is 0.300 e. The maximum absolute atomic E-state index is 12.1. The predicted molar refractivity (Wildman–Crippen MR) is 70.3 cm³/mol. The minimum absolute atomic E-state index is 0.396. The second kappa shape index (κ2) is 4.75. The van der Waals surface area contributed by atoms with Gasteiger partial charge in [0.1, 0.15) is 0 Å². The fourth-order valence-electron chi connectivity index (χ4n) is 2.50. The Morgan fingerprint density at radius 3 is 2.68 bits per heavy atom. The van der Waals surface area contributed by atoms with E-state index in [0.29, 0.717) is 25.4 Å². The van der Waals surface area contributed by atoms with Crippen molar-refractivity contribution in [3.05, 3.63) is 29.3 Å². The van der Waals surface area contributed by atoms with Crippen molar-refractivity contribution in [3.8, 4) is 0 Å². The number of rotatable bonds is 2. The van der Waals surface area contributed by atoms with Gasteiger partial charge in [0, 0.05) is 13.1 Å². The SMILES string of the molecule is Cc1ccc2c(c1)C(=O)C(=O)N2CN1CCOCC1. The van der Waals surface area contributed by atoms with E-state index < -0.39 is 11.7 Å². The van der Waals surface area contributed by atoms with E-state index in [9.17, 15) is 9.59 Å². The number of benzene rings is 1. The molecule has 0 radical (unpaired) electrons. The molecule has 1 saturated heterocycles. The Labute approximate surface area is 111 Å². The van der Waals surface area contributed by atoms with E-state index in [1.165, 1.54) is 0 Å². The Morgan fingerprint density at radius 1 is 1.21 bits per heavy atom. The number of Topliss-reactive ketones (excluding diaryl/α,β-unsaturated/α-hetero) is 1. The van der Waals surface area contributed by atoms with Gasteiger partial charge in [0.15, 0.2) is 0 Å². The molecule has 100 valence electrons. The molecule has 0 aromatic heterocycles. The van der Waals surface area contributed by atoms with Crippen LogP contribution in [-0.4, -0.2) is 49.6 Å². The van der Waals surface area contributed by atoms with E-state index in [2.05, 4.69) is 4.90 Å². The van der Waals surface area contributed by atoms with Crippen LogP contribution < -0.4 is 4.90 Å². The first kappa shape index (κ1) is 12.3. The van der Waals surface area contributed by atoms with E-state index in [1.54, 1.807) is 11.0 Å². The molecule has 0 aliphatic carbocycles. The number of morpholine rings is 1. The van der Waals surface area contributed by atoms with E-state index in [1.807, 2.05) is 19.1 Å². The highest BCUT2D eigenvalue weighted by molar-refractivity contribution is 6.52. The lowest BCUT2D eigenvalue weighted by molar-refractivity contribution is -0.114. The third-order valence-electron chi connectivity index (χ3n) is 3.57. The largest absolute Gasteiger partial charge is 0.379 e. The van der Waals surface area contributed by atoms with Crippen LogP contribution in [0.1, 0.15) is 15.9 Å². The van der Waals surface area contributed by atoms with Crippen molar-refractivity contribution in [1.82, 2.24) is 4.90 Å². The van der Waals surface area contributed by atoms with Crippen molar-refractivity contribution in [2.24, 2.45) is 0 Å². The molecule has 0 N–H and O–H groups in total. The van der Waals surface area contributed by atoms with Crippen LogP contribution in [0.3, 0.4) is 0 Å². The van der Waals surface area contributed by atoms with Crippen LogP contribution in [0.25, 0.3) is 0 Å². The number of amides is 1. The number of aryl methyl sites for hydroxylation is 1. The van der Waals surface area contributed by atoms with Gasteiger partial charge in [-0.1, -0.05) is 11.6 Å². The summed E-state index contributed by atoms with van der Waals surface area (Å²) in [5.74, 6) is -0.820. The second-order valence-electron chi connectivity index (χ2n) is 4.95. The van der Waals surface area contributed by atoms with Crippen LogP contribution in [0.2, 0.25) is 0 Å². The van der Waals surface area contributed by atoms with Crippen LogP contribution >= 0.6 is 0 Å². The molecular formula is C14H16N2O3. The van der Waals surface area contributed by atoms with Crippen molar-refractivity contribution >= 4 is 17.4 Å². The van der Waals surface area contributed by atoms with Gasteiger partial charge in [-0.15, -0.1) is 0 Å². The van der Waals surface area contributed by atoms with E-state index in [-0.39, 0.29) is 0 Å². The summed E-state index contributed by atoms with van der Waals surface area (Å²) in [4.78, 5) is 27.7. The van der Waals surface area contributed by atoms with E-state index >= 15 is 0 Å². The van der Waals surface area contributed by atoms with Crippen LogP contribution in [0, 0.1) is 6.92 Å². The van der Waals surface area contributed by atoms with Crippen molar-refractivity contribution in [1.29, 1.82) is 0 Å². The number of ether oxygens (including phenoxy) is 1. The zero-order chi connectivity index (χ0) is 13.4. The maximum atomic E-state index is 12.1. The van der Waals surface area contributed by atoms with Gasteiger partial charge in [-0.05, 0) is 19.1 Å². The molecule has 1 amide bonds. The third kappa shape index (κ3) is 2.15. The molecule has 0 unspecified atom stereocenters. The normalized spacial score (nSPS) is 19.9. The number of anilines is 1. The molecule has 2 heterocycles. The van der Waals surface area contributed by atoms with E-state index in [4.69, 9.17) is 4.74 Å². The van der Waals surface area contributed by atoms with Gasteiger partial charge in [0.05, 0.1) is 31.1 Å². The highest BCUT2D eigenvalue weighted by Crippen LogP contribution is 2.29. The summed E-state index contributed by atoms with van der Waals surface area (Å²) in [5, 5.41) is 0. The Hall–Kier alpha value is -1.72. The molecule has 1 fully saturated rings. The first-order valence-electron chi connectivity index (χ1n) is 6.44. The molecule has 1 aromatic carbocycles. The molecule has 0 spiro atoms. The molecule has 3 rings (SSSR count). The number of ketones is 1. The average Bonchev–Trinajstić information content (AvgIpc) is 2.65. The molecular weight excluding hydrogens is 244 g/mol. The molecule has 1 aromatic rings. The molecule has 5 heteroatoms. The lowest BCUT2D eigenvalue weighted by atomic mass is 10.1. The minimum atomic E-state index is -0.424. The molecule has 2 aliphatic rings. The monoisotopic (exact) mass is 260 g/mol. The van der Waals surface area contributed by atoms with Crippen molar-refractivity contribution in [2.45, 2.75) is 6.92 Å². The third-order valence-corrected chi connectivity index (χ3v) is 3.57. The summed E-state index contributed by atoms with van der Waals surface area (Å²) in [6.45, 7) is 5.32. The highest BCUT2D eigenvalue weighted by atomic mass is 16.5. The van der Waals surface area contributed by atoms with Gasteiger partial charge in [-0.25, -0.2) is 0 Å². The molecule has 19 heavy (non-hydrogen) atoms. The Bertz CT molecular complexity index is 535. The first-order valence-corrected chi connectivity index (χ1v) is 6.44. The first-order chi connectivity index (χ1) is 9.16. The standard InChI is InChI=1S/C14H16N2O3/c1-10-2-3-12-11(8-10)13(17)14(18)16(12)9-15-4-6-19-7-5-15/h2-3,8H,4-7,9H2,1H3. The molecule has 2 aliphatic heterocycles. The minimum Gasteiger partial charge on any atom is -0.379 e. The predicted octanol–water partition coefficient (Wildman–Crippen LogP) is 0.814. The topological polar surface area (TPSA) is 49.9 Å². The van der Waals surface area contributed by atoms with Gasteiger partial charge in [0.2, 0.25) is 0 Å². The fourth-order valence-corrected chi connectivity index (χ4v) is 2.50. The smallest absolute Gasteiger partial charge is 0.300 e. The lowest BCUT2D eigenvalue weighted by Gasteiger charge is -2.30. The molecule has 0 atom stereocenters. The Kier molecular flexibility index (Phi) is 3.08. The quantitative estimate of drug-likeness (QED) is 0.739. The summed E-state index contributed by atoms with van der Waals surface area (Å²) in [7, 11) is 0. The van der Waals surface area contributed by atoms with Crippen molar-refractivity contribution < 1.29 is 14.3 Å². The fraction of sp³-hybridized carbons (Fsp3) is 0.429. The van der Waals surface area contributed by atoms with Crippen LogP contribution in [0.5, 0.6) is 0 Å². The van der Waals surface area contributed by atoms with Crippen LogP contribution in [0.15, 0.2) is 18.2 Å². The van der Waals surface area contributed by atoms with Crippen LogP contribution in [0.4, 0.5) is 5.69 Å².